The average Bonchev–Trinajstić information content (AvgIpc) is 3.36. The van der Waals surface area contributed by atoms with Crippen molar-refractivity contribution in [3.63, 3.8) is 0 Å². The van der Waals surface area contributed by atoms with Gasteiger partial charge >= 0.3 is 0 Å². The van der Waals surface area contributed by atoms with Gasteiger partial charge in [0.1, 0.15) is 23.3 Å². The lowest BCUT2D eigenvalue weighted by molar-refractivity contribution is -0.125. The van der Waals surface area contributed by atoms with E-state index in [-0.39, 0.29) is 57.2 Å². The van der Waals surface area contributed by atoms with Crippen molar-refractivity contribution in [1.29, 1.82) is 0 Å². The Kier molecular flexibility index (Phi) is 6.61. The number of rotatable bonds is 6. The standard InChI is InChI=1S/C32H30O7/c33-27(17-7-3-1-4-8-17)25-29(35)21-13-11-19(15-23(21)31(25)37)39-20-12-14-22-24(16-20)32(38)26(30(22)36)28(34)18-9-5-2-6-10-18/h11-18,25-26H,1-10H2. The molecule has 39 heavy (non-hydrogen) atoms. The molecular formula is C32H30O7. The van der Waals surface area contributed by atoms with E-state index in [1.807, 2.05) is 0 Å². The number of fused-ring (bicyclic) bond motifs is 2. The summed E-state index contributed by atoms with van der Waals surface area (Å²) in [6.07, 6.45) is 8.72. The number of carbonyl (C=O) groups is 6. The van der Waals surface area contributed by atoms with Crippen molar-refractivity contribution < 1.29 is 33.5 Å². The van der Waals surface area contributed by atoms with E-state index in [0.29, 0.717) is 25.7 Å². The summed E-state index contributed by atoms with van der Waals surface area (Å²) in [6.45, 7) is 0. The van der Waals surface area contributed by atoms with Gasteiger partial charge in [0.05, 0.1) is 0 Å². The summed E-state index contributed by atoms with van der Waals surface area (Å²) in [6, 6.07) is 9.01. The summed E-state index contributed by atoms with van der Waals surface area (Å²) in [7, 11) is 0. The van der Waals surface area contributed by atoms with Crippen molar-refractivity contribution in [1.82, 2.24) is 0 Å². The highest BCUT2D eigenvalue weighted by atomic mass is 16.5. The Bertz CT molecular complexity index is 1310. The minimum Gasteiger partial charge on any atom is -0.457 e. The van der Waals surface area contributed by atoms with Crippen LogP contribution in [-0.4, -0.2) is 34.7 Å². The molecule has 0 amide bonds. The van der Waals surface area contributed by atoms with Crippen molar-refractivity contribution >= 4 is 34.7 Å². The molecule has 0 heterocycles. The molecule has 7 heteroatoms. The first kappa shape index (κ1) is 25.5. The number of ether oxygens (including phenoxy) is 1. The SMILES string of the molecule is O=C1c2ccc(Oc3ccc4c(c3)C(=O)C(C(=O)C3CCCCC3)C4=O)cc2C(=O)C1C(=O)C1CCCCC1. The molecular weight excluding hydrogens is 496 g/mol. The van der Waals surface area contributed by atoms with Crippen molar-refractivity contribution in [2.75, 3.05) is 0 Å². The van der Waals surface area contributed by atoms with Crippen LogP contribution in [0.2, 0.25) is 0 Å². The van der Waals surface area contributed by atoms with Crippen LogP contribution in [-0.2, 0) is 9.59 Å². The van der Waals surface area contributed by atoms with E-state index in [9.17, 15) is 28.8 Å². The minimum atomic E-state index is -1.28. The lowest BCUT2D eigenvalue weighted by Gasteiger charge is -2.22. The zero-order chi connectivity index (χ0) is 27.3. The van der Waals surface area contributed by atoms with Crippen molar-refractivity contribution in [2.45, 2.75) is 64.2 Å². The zero-order valence-electron chi connectivity index (χ0n) is 21.7. The van der Waals surface area contributed by atoms with E-state index in [0.717, 1.165) is 38.5 Å². The lowest BCUT2D eigenvalue weighted by Crippen LogP contribution is -2.32. The van der Waals surface area contributed by atoms with E-state index in [1.165, 1.54) is 24.3 Å². The minimum absolute atomic E-state index is 0.164. The third-order valence-electron chi connectivity index (χ3n) is 8.91. The van der Waals surface area contributed by atoms with Gasteiger partial charge in [-0.05, 0) is 62.1 Å². The quantitative estimate of drug-likeness (QED) is 0.439. The molecule has 0 N–H and O–H groups in total. The summed E-state index contributed by atoms with van der Waals surface area (Å²) in [5, 5.41) is 0. The predicted molar refractivity (Wildman–Crippen MR) is 140 cm³/mol. The first-order valence-corrected chi connectivity index (χ1v) is 14.1. The van der Waals surface area contributed by atoms with Gasteiger partial charge in [-0.15, -0.1) is 0 Å². The van der Waals surface area contributed by atoms with Crippen molar-refractivity contribution in [2.24, 2.45) is 23.7 Å². The molecule has 4 aliphatic carbocycles. The Balaban J connectivity index is 1.20. The van der Waals surface area contributed by atoms with Crippen molar-refractivity contribution in [3.8, 4) is 11.5 Å². The highest BCUT2D eigenvalue weighted by molar-refractivity contribution is 6.36. The first-order valence-electron chi connectivity index (χ1n) is 14.1. The first-order chi connectivity index (χ1) is 18.8. The summed E-state index contributed by atoms with van der Waals surface area (Å²) in [5.41, 5.74) is 0.773. The predicted octanol–water partition coefficient (Wildman–Crippen LogP) is 5.77. The number of ketones is 6. The molecule has 0 spiro atoms. The fourth-order valence-electron chi connectivity index (χ4n) is 6.77. The Morgan fingerprint density at radius 3 is 1.26 bits per heavy atom. The van der Waals surface area contributed by atoms with Crippen LogP contribution in [0.4, 0.5) is 0 Å². The van der Waals surface area contributed by atoms with Gasteiger partial charge in [-0.1, -0.05) is 38.5 Å². The Morgan fingerprint density at radius 1 is 0.513 bits per heavy atom. The van der Waals surface area contributed by atoms with Gasteiger partial charge in [0.25, 0.3) is 0 Å². The third kappa shape index (κ3) is 4.38. The van der Waals surface area contributed by atoms with Gasteiger partial charge in [-0.25, -0.2) is 0 Å². The van der Waals surface area contributed by atoms with Crippen LogP contribution < -0.4 is 4.74 Å². The van der Waals surface area contributed by atoms with Crippen LogP contribution in [0.25, 0.3) is 0 Å². The summed E-state index contributed by atoms with van der Waals surface area (Å²) in [5.74, 6) is -4.94. The molecule has 0 radical (unpaired) electrons. The maximum atomic E-state index is 13.1. The summed E-state index contributed by atoms with van der Waals surface area (Å²) < 4.78 is 5.92. The molecule has 0 aromatic heterocycles. The van der Waals surface area contributed by atoms with Crippen LogP contribution in [0.5, 0.6) is 11.5 Å². The molecule has 2 atom stereocenters. The third-order valence-corrected chi connectivity index (χ3v) is 8.91. The molecule has 0 bridgehead atoms. The van der Waals surface area contributed by atoms with Crippen molar-refractivity contribution in [3.05, 3.63) is 58.7 Å². The van der Waals surface area contributed by atoms with E-state index < -0.39 is 35.0 Å². The largest absolute Gasteiger partial charge is 0.457 e. The lowest BCUT2D eigenvalue weighted by atomic mass is 9.80. The molecule has 2 aromatic rings. The van der Waals surface area contributed by atoms with Crippen LogP contribution >= 0.6 is 0 Å². The molecule has 6 rings (SSSR count). The molecule has 7 nitrogen and oxygen atoms in total. The molecule has 2 fully saturated rings. The topological polar surface area (TPSA) is 112 Å². The van der Waals surface area contributed by atoms with Gasteiger partial charge in [0.2, 0.25) is 0 Å². The smallest absolute Gasteiger partial charge is 0.182 e. The molecule has 0 aliphatic heterocycles. The normalized spacial score (nSPS) is 23.6. The highest BCUT2D eigenvalue weighted by Gasteiger charge is 2.47. The highest BCUT2D eigenvalue weighted by Crippen LogP contribution is 2.38. The number of benzene rings is 2. The van der Waals surface area contributed by atoms with Gasteiger partial charge in [-0.3, -0.25) is 28.8 Å². The maximum Gasteiger partial charge on any atom is 0.182 e. The number of carbonyl (C=O) groups excluding carboxylic acids is 6. The van der Waals surface area contributed by atoms with Gasteiger partial charge in [0.15, 0.2) is 34.7 Å². The van der Waals surface area contributed by atoms with Crippen LogP contribution in [0.3, 0.4) is 0 Å². The van der Waals surface area contributed by atoms with Gasteiger partial charge < -0.3 is 4.74 Å². The second kappa shape index (κ2) is 10.1. The van der Waals surface area contributed by atoms with Crippen LogP contribution in [0, 0.1) is 23.7 Å². The summed E-state index contributed by atoms with van der Waals surface area (Å²) >= 11 is 0. The molecule has 2 aromatic carbocycles. The van der Waals surface area contributed by atoms with Crippen LogP contribution in [0.1, 0.15) is 106 Å². The van der Waals surface area contributed by atoms with E-state index >= 15 is 0 Å². The Labute approximate surface area is 226 Å². The maximum absolute atomic E-state index is 13.1. The number of hydrogen-bond acceptors (Lipinski definition) is 7. The second-order valence-electron chi connectivity index (χ2n) is 11.3. The average molecular weight is 527 g/mol. The molecule has 2 saturated carbocycles. The molecule has 4 aliphatic rings. The van der Waals surface area contributed by atoms with E-state index in [2.05, 4.69) is 0 Å². The Hall–Kier alpha value is -3.74. The van der Waals surface area contributed by atoms with Gasteiger partial charge in [-0.2, -0.15) is 0 Å². The molecule has 0 saturated heterocycles. The monoisotopic (exact) mass is 526 g/mol. The zero-order valence-corrected chi connectivity index (χ0v) is 21.7. The van der Waals surface area contributed by atoms with Gasteiger partial charge in [0, 0.05) is 34.1 Å². The summed E-state index contributed by atoms with van der Waals surface area (Å²) in [4.78, 5) is 78.3. The van der Waals surface area contributed by atoms with E-state index in [1.54, 1.807) is 12.1 Å². The fourth-order valence-corrected chi connectivity index (χ4v) is 6.77. The Morgan fingerprint density at radius 2 is 0.872 bits per heavy atom. The molecule has 200 valence electrons. The fraction of sp³-hybridized carbons (Fsp3) is 0.438. The molecule has 2 unspecified atom stereocenters. The number of Topliss-reactive ketones (excluding diaryl/α,β-unsaturated/α-hetero) is 6. The van der Waals surface area contributed by atoms with E-state index in [4.69, 9.17) is 4.74 Å². The van der Waals surface area contributed by atoms with Crippen LogP contribution in [0.15, 0.2) is 36.4 Å². The number of hydrogen-bond donors (Lipinski definition) is 0. The second-order valence-corrected chi connectivity index (χ2v) is 11.3.